The molecule has 1 aliphatic rings. The second kappa shape index (κ2) is 7.85. The average molecular weight is 277 g/mol. The van der Waals surface area contributed by atoms with E-state index in [1.807, 2.05) is 11.0 Å². The number of hydrogen-bond acceptors (Lipinski definition) is 3. The van der Waals surface area contributed by atoms with Crippen molar-refractivity contribution in [2.24, 2.45) is 0 Å². The number of aromatic amines is 1. The van der Waals surface area contributed by atoms with E-state index in [4.69, 9.17) is 4.74 Å². The van der Waals surface area contributed by atoms with Crippen molar-refractivity contribution < 1.29 is 9.53 Å². The standard InChI is InChI=1S/C15H23N3O2/c1-2-10-20-11-4-6-15(19)18-9-3-5-13(12-18)14-7-8-16-17-14/h2,7-8,13H,1,3-6,9-12H2,(H,16,17). The molecule has 0 radical (unpaired) electrons. The average Bonchev–Trinajstić information content (AvgIpc) is 3.01. The third-order valence-electron chi connectivity index (χ3n) is 3.65. The zero-order valence-corrected chi connectivity index (χ0v) is 11.9. The van der Waals surface area contributed by atoms with Crippen LogP contribution in [0.5, 0.6) is 0 Å². The van der Waals surface area contributed by atoms with Crippen LogP contribution in [0.1, 0.15) is 37.3 Å². The number of carbonyl (C=O) groups excluding carboxylic acids is 1. The van der Waals surface area contributed by atoms with E-state index < -0.39 is 0 Å². The van der Waals surface area contributed by atoms with Crippen LogP contribution in [0.3, 0.4) is 0 Å². The number of amides is 1. The highest BCUT2D eigenvalue weighted by atomic mass is 16.5. The van der Waals surface area contributed by atoms with E-state index in [0.717, 1.165) is 38.0 Å². The SMILES string of the molecule is C=CCOCCCC(=O)N1CCCC(c2ccn[nH]2)C1. The minimum Gasteiger partial charge on any atom is -0.377 e. The number of carbonyl (C=O) groups is 1. The minimum absolute atomic E-state index is 0.233. The third kappa shape index (κ3) is 4.20. The van der Waals surface area contributed by atoms with Crippen LogP contribution < -0.4 is 0 Å². The number of rotatable bonds is 7. The molecule has 1 aliphatic heterocycles. The molecule has 0 bridgehead atoms. The number of piperidine rings is 1. The maximum Gasteiger partial charge on any atom is 0.222 e. The van der Waals surface area contributed by atoms with Crippen LogP contribution >= 0.6 is 0 Å². The van der Waals surface area contributed by atoms with Crippen LogP contribution in [0.4, 0.5) is 0 Å². The highest BCUT2D eigenvalue weighted by Crippen LogP contribution is 2.25. The molecule has 1 saturated heterocycles. The van der Waals surface area contributed by atoms with Gasteiger partial charge in [-0.3, -0.25) is 9.89 Å². The Morgan fingerprint density at radius 1 is 1.65 bits per heavy atom. The van der Waals surface area contributed by atoms with Gasteiger partial charge in [0, 0.05) is 43.9 Å². The molecule has 2 rings (SSSR count). The van der Waals surface area contributed by atoms with Gasteiger partial charge in [-0.05, 0) is 25.3 Å². The molecule has 1 aromatic heterocycles. The molecule has 1 aromatic rings. The molecule has 2 heterocycles. The van der Waals surface area contributed by atoms with Crippen LogP contribution in [0.25, 0.3) is 0 Å². The molecule has 1 unspecified atom stereocenters. The minimum atomic E-state index is 0.233. The monoisotopic (exact) mass is 277 g/mol. The summed E-state index contributed by atoms with van der Waals surface area (Å²) in [6, 6.07) is 2.00. The fourth-order valence-corrected chi connectivity index (χ4v) is 2.60. The number of ether oxygens (including phenoxy) is 1. The van der Waals surface area contributed by atoms with E-state index in [0.29, 0.717) is 25.6 Å². The molecule has 5 heteroatoms. The lowest BCUT2D eigenvalue weighted by molar-refractivity contribution is -0.132. The van der Waals surface area contributed by atoms with Crippen molar-refractivity contribution in [3.05, 3.63) is 30.6 Å². The molecule has 110 valence electrons. The lowest BCUT2D eigenvalue weighted by Crippen LogP contribution is -2.39. The van der Waals surface area contributed by atoms with E-state index in [2.05, 4.69) is 16.8 Å². The lowest BCUT2D eigenvalue weighted by Gasteiger charge is -2.32. The van der Waals surface area contributed by atoms with Crippen LogP contribution in [0.2, 0.25) is 0 Å². The van der Waals surface area contributed by atoms with Gasteiger partial charge < -0.3 is 9.64 Å². The van der Waals surface area contributed by atoms with E-state index in [1.165, 1.54) is 0 Å². The second-order valence-corrected chi connectivity index (χ2v) is 5.16. The highest BCUT2D eigenvalue weighted by Gasteiger charge is 2.24. The topological polar surface area (TPSA) is 58.2 Å². The summed E-state index contributed by atoms with van der Waals surface area (Å²) in [5.74, 6) is 0.628. The first-order valence-corrected chi connectivity index (χ1v) is 7.27. The summed E-state index contributed by atoms with van der Waals surface area (Å²) < 4.78 is 5.30. The Kier molecular flexibility index (Phi) is 5.80. The normalized spacial score (nSPS) is 19.0. The molecule has 1 N–H and O–H groups in total. The van der Waals surface area contributed by atoms with E-state index in [1.54, 1.807) is 12.3 Å². The largest absolute Gasteiger partial charge is 0.377 e. The first-order chi connectivity index (χ1) is 9.81. The van der Waals surface area contributed by atoms with Gasteiger partial charge in [-0.15, -0.1) is 6.58 Å². The summed E-state index contributed by atoms with van der Waals surface area (Å²) in [6.07, 6.45) is 7.01. The summed E-state index contributed by atoms with van der Waals surface area (Å²) in [5, 5.41) is 7.01. The van der Waals surface area contributed by atoms with Crippen LogP contribution in [-0.4, -0.2) is 47.3 Å². The zero-order valence-electron chi connectivity index (χ0n) is 11.9. The molecule has 20 heavy (non-hydrogen) atoms. The van der Waals surface area contributed by atoms with Crippen molar-refractivity contribution in [2.75, 3.05) is 26.3 Å². The molecule has 1 fully saturated rings. The van der Waals surface area contributed by atoms with Gasteiger partial charge in [0.15, 0.2) is 0 Å². The molecular weight excluding hydrogens is 254 g/mol. The second-order valence-electron chi connectivity index (χ2n) is 5.16. The van der Waals surface area contributed by atoms with E-state index >= 15 is 0 Å². The van der Waals surface area contributed by atoms with Gasteiger partial charge in [0.2, 0.25) is 5.91 Å². The first kappa shape index (κ1) is 14.8. The summed E-state index contributed by atoms with van der Waals surface area (Å²) in [7, 11) is 0. The summed E-state index contributed by atoms with van der Waals surface area (Å²) in [5.41, 5.74) is 1.14. The van der Waals surface area contributed by atoms with E-state index in [-0.39, 0.29) is 5.91 Å². The molecule has 0 spiro atoms. The lowest BCUT2D eigenvalue weighted by atomic mass is 9.94. The van der Waals surface area contributed by atoms with Gasteiger partial charge in [0.25, 0.3) is 0 Å². The van der Waals surface area contributed by atoms with Crippen molar-refractivity contribution in [3.63, 3.8) is 0 Å². The summed E-state index contributed by atoms with van der Waals surface area (Å²) in [6.45, 7) is 6.44. The maximum absolute atomic E-state index is 12.2. The highest BCUT2D eigenvalue weighted by molar-refractivity contribution is 5.76. The van der Waals surface area contributed by atoms with Gasteiger partial charge in [-0.2, -0.15) is 5.10 Å². The molecule has 5 nitrogen and oxygen atoms in total. The van der Waals surface area contributed by atoms with Crippen molar-refractivity contribution in [3.8, 4) is 0 Å². The van der Waals surface area contributed by atoms with Crippen molar-refractivity contribution in [1.82, 2.24) is 15.1 Å². The summed E-state index contributed by atoms with van der Waals surface area (Å²) in [4.78, 5) is 14.1. The number of hydrogen-bond donors (Lipinski definition) is 1. The van der Waals surface area contributed by atoms with Crippen LogP contribution in [-0.2, 0) is 9.53 Å². The molecule has 1 amide bonds. The van der Waals surface area contributed by atoms with Crippen molar-refractivity contribution in [2.45, 2.75) is 31.6 Å². The van der Waals surface area contributed by atoms with E-state index in [9.17, 15) is 4.79 Å². The fraction of sp³-hybridized carbons (Fsp3) is 0.600. The predicted octanol–water partition coefficient (Wildman–Crippen LogP) is 2.10. The Morgan fingerprint density at radius 3 is 3.30 bits per heavy atom. The first-order valence-electron chi connectivity index (χ1n) is 7.27. The fourth-order valence-electron chi connectivity index (χ4n) is 2.60. The summed E-state index contributed by atoms with van der Waals surface area (Å²) >= 11 is 0. The van der Waals surface area contributed by atoms with Gasteiger partial charge in [-0.25, -0.2) is 0 Å². The Morgan fingerprint density at radius 2 is 2.55 bits per heavy atom. The molecule has 0 saturated carbocycles. The van der Waals surface area contributed by atoms with Crippen LogP contribution in [0.15, 0.2) is 24.9 Å². The van der Waals surface area contributed by atoms with Crippen molar-refractivity contribution >= 4 is 5.91 Å². The van der Waals surface area contributed by atoms with Crippen molar-refractivity contribution in [1.29, 1.82) is 0 Å². The maximum atomic E-state index is 12.2. The Balaban J connectivity index is 1.74. The Bertz CT molecular complexity index is 417. The molecular formula is C15H23N3O2. The smallest absolute Gasteiger partial charge is 0.222 e. The Hall–Kier alpha value is -1.62. The quantitative estimate of drug-likeness (QED) is 0.613. The molecule has 0 aromatic carbocycles. The van der Waals surface area contributed by atoms with Crippen LogP contribution in [0, 0.1) is 0 Å². The third-order valence-corrected chi connectivity index (χ3v) is 3.65. The number of nitrogens with one attached hydrogen (secondary N) is 1. The van der Waals surface area contributed by atoms with Gasteiger partial charge in [0.1, 0.15) is 0 Å². The number of aromatic nitrogens is 2. The molecule has 1 atom stereocenters. The predicted molar refractivity (Wildman–Crippen MR) is 77.4 cm³/mol. The zero-order chi connectivity index (χ0) is 14.2. The number of H-pyrrole nitrogens is 1. The van der Waals surface area contributed by atoms with Gasteiger partial charge >= 0.3 is 0 Å². The number of nitrogens with zero attached hydrogens (tertiary/aromatic N) is 2. The van der Waals surface area contributed by atoms with Gasteiger partial charge in [-0.1, -0.05) is 6.08 Å². The molecule has 0 aliphatic carbocycles. The Labute approximate surface area is 120 Å². The van der Waals surface area contributed by atoms with Gasteiger partial charge in [0.05, 0.1) is 6.61 Å². The number of likely N-dealkylation sites (tertiary alicyclic amines) is 1.